The topological polar surface area (TPSA) is 47.3 Å². The number of aromatic nitrogens is 1. The van der Waals surface area contributed by atoms with Crippen molar-refractivity contribution in [3.05, 3.63) is 29.5 Å². The first-order chi connectivity index (χ1) is 7.79. The van der Waals surface area contributed by atoms with E-state index in [0.29, 0.717) is 0 Å². The van der Waals surface area contributed by atoms with Crippen molar-refractivity contribution in [3.63, 3.8) is 0 Å². The van der Waals surface area contributed by atoms with Crippen molar-refractivity contribution in [1.29, 1.82) is 0 Å². The Morgan fingerprint density at radius 2 is 2.31 bits per heavy atom. The summed E-state index contributed by atoms with van der Waals surface area (Å²) in [5.41, 5.74) is 4.14. The van der Waals surface area contributed by atoms with E-state index >= 15 is 0 Å². The summed E-state index contributed by atoms with van der Waals surface area (Å²) < 4.78 is 10.6. The number of nitrogens with one attached hydrogen (secondary N) is 1. The van der Waals surface area contributed by atoms with Gasteiger partial charge in [-0.1, -0.05) is 5.16 Å². The van der Waals surface area contributed by atoms with Crippen LogP contribution in [0.5, 0.6) is 5.75 Å². The number of rotatable bonds is 1. The lowest BCUT2D eigenvalue weighted by Gasteiger charge is -2.17. The molecule has 0 unspecified atom stereocenters. The molecule has 0 aliphatic carbocycles. The summed E-state index contributed by atoms with van der Waals surface area (Å²) in [6.45, 7) is 2.72. The molecule has 0 fully saturated rings. The van der Waals surface area contributed by atoms with Crippen LogP contribution in [0.3, 0.4) is 0 Å². The lowest BCUT2D eigenvalue weighted by atomic mass is 10.0. The molecular weight excluding hydrogens is 204 g/mol. The van der Waals surface area contributed by atoms with Gasteiger partial charge in [-0.15, -0.1) is 0 Å². The molecule has 16 heavy (non-hydrogen) atoms. The van der Waals surface area contributed by atoms with Crippen LogP contribution in [0.1, 0.15) is 11.3 Å². The first-order valence-corrected chi connectivity index (χ1v) is 5.17. The Bertz CT molecular complexity index is 546. The molecule has 2 heterocycles. The molecule has 0 radical (unpaired) electrons. The lowest BCUT2D eigenvalue weighted by molar-refractivity contribution is 0.412. The number of methoxy groups -OCH3 is 1. The van der Waals surface area contributed by atoms with Crippen LogP contribution in [0, 0.1) is 6.92 Å². The highest BCUT2D eigenvalue weighted by atomic mass is 16.5. The fraction of sp³-hybridized carbons (Fsp3) is 0.250. The maximum Gasteiger partial charge on any atom is 0.174 e. The van der Waals surface area contributed by atoms with Gasteiger partial charge >= 0.3 is 0 Å². The van der Waals surface area contributed by atoms with Crippen molar-refractivity contribution in [3.8, 4) is 17.1 Å². The second-order valence-electron chi connectivity index (χ2n) is 3.84. The number of aryl methyl sites for hydroxylation is 1. The summed E-state index contributed by atoms with van der Waals surface area (Å²) in [5, 5.41) is 7.34. The van der Waals surface area contributed by atoms with Gasteiger partial charge in [0.25, 0.3) is 0 Å². The SMILES string of the molecule is COc1ccc2c(c1)-c1onc(C)c1CN2. The van der Waals surface area contributed by atoms with Crippen molar-refractivity contribution in [1.82, 2.24) is 5.16 Å². The molecule has 0 bridgehead atoms. The number of hydrogen-bond acceptors (Lipinski definition) is 4. The van der Waals surface area contributed by atoms with E-state index in [0.717, 1.165) is 40.6 Å². The largest absolute Gasteiger partial charge is 0.497 e. The summed E-state index contributed by atoms with van der Waals surface area (Å²) in [6, 6.07) is 5.89. The minimum atomic E-state index is 0.768. The van der Waals surface area contributed by atoms with Crippen LogP contribution in [-0.4, -0.2) is 12.3 Å². The van der Waals surface area contributed by atoms with Crippen LogP contribution in [0.15, 0.2) is 22.7 Å². The van der Waals surface area contributed by atoms with Crippen molar-refractivity contribution < 1.29 is 9.26 Å². The third kappa shape index (κ3) is 1.19. The maximum absolute atomic E-state index is 5.37. The summed E-state index contributed by atoms with van der Waals surface area (Å²) in [4.78, 5) is 0. The monoisotopic (exact) mass is 216 g/mol. The highest BCUT2D eigenvalue weighted by Gasteiger charge is 2.22. The maximum atomic E-state index is 5.37. The second kappa shape index (κ2) is 3.27. The Hall–Kier alpha value is -1.97. The fourth-order valence-corrected chi connectivity index (χ4v) is 1.98. The van der Waals surface area contributed by atoms with E-state index < -0.39 is 0 Å². The Labute approximate surface area is 93.2 Å². The Morgan fingerprint density at radius 3 is 3.12 bits per heavy atom. The minimum Gasteiger partial charge on any atom is -0.497 e. The van der Waals surface area contributed by atoms with Crippen molar-refractivity contribution in [2.75, 3.05) is 12.4 Å². The van der Waals surface area contributed by atoms with E-state index in [4.69, 9.17) is 9.26 Å². The van der Waals surface area contributed by atoms with E-state index in [1.807, 2.05) is 25.1 Å². The third-order valence-electron chi connectivity index (χ3n) is 2.91. The predicted molar refractivity (Wildman–Crippen MR) is 60.6 cm³/mol. The molecule has 0 atom stereocenters. The summed E-state index contributed by atoms with van der Waals surface area (Å²) >= 11 is 0. The van der Waals surface area contributed by atoms with E-state index in [-0.39, 0.29) is 0 Å². The van der Waals surface area contributed by atoms with Crippen LogP contribution in [0.4, 0.5) is 5.69 Å². The molecule has 3 rings (SSSR count). The number of benzene rings is 1. The average molecular weight is 216 g/mol. The minimum absolute atomic E-state index is 0.768. The van der Waals surface area contributed by atoms with E-state index in [9.17, 15) is 0 Å². The van der Waals surface area contributed by atoms with Crippen LogP contribution in [-0.2, 0) is 6.54 Å². The van der Waals surface area contributed by atoms with Gasteiger partial charge in [0.15, 0.2) is 5.76 Å². The van der Waals surface area contributed by atoms with Crippen molar-refractivity contribution in [2.24, 2.45) is 0 Å². The van der Waals surface area contributed by atoms with Crippen molar-refractivity contribution >= 4 is 5.69 Å². The summed E-state index contributed by atoms with van der Waals surface area (Å²) in [6.07, 6.45) is 0. The van der Waals surface area contributed by atoms with Gasteiger partial charge < -0.3 is 14.6 Å². The van der Waals surface area contributed by atoms with Crippen LogP contribution < -0.4 is 10.1 Å². The van der Waals surface area contributed by atoms with E-state index in [1.165, 1.54) is 0 Å². The van der Waals surface area contributed by atoms with Gasteiger partial charge in [-0.3, -0.25) is 0 Å². The number of anilines is 1. The molecule has 82 valence electrons. The highest BCUT2D eigenvalue weighted by Crippen LogP contribution is 2.38. The molecule has 4 heteroatoms. The molecule has 1 aromatic heterocycles. The first kappa shape index (κ1) is 9.27. The van der Waals surface area contributed by atoms with Gasteiger partial charge in [0.05, 0.1) is 12.8 Å². The molecule has 2 aromatic rings. The van der Waals surface area contributed by atoms with Gasteiger partial charge in [0.1, 0.15) is 5.75 Å². The summed E-state index contributed by atoms with van der Waals surface area (Å²) in [7, 11) is 1.66. The predicted octanol–water partition coefficient (Wildman–Crippen LogP) is 2.58. The zero-order valence-electron chi connectivity index (χ0n) is 9.20. The Balaban J connectivity index is 2.22. The highest BCUT2D eigenvalue weighted by molar-refractivity contribution is 5.80. The molecule has 1 aliphatic rings. The van der Waals surface area contributed by atoms with Gasteiger partial charge in [0, 0.05) is 23.4 Å². The lowest BCUT2D eigenvalue weighted by Crippen LogP contribution is -2.07. The molecule has 4 nitrogen and oxygen atoms in total. The molecule has 0 spiro atoms. The van der Waals surface area contributed by atoms with Gasteiger partial charge in [0.2, 0.25) is 0 Å². The molecule has 1 aromatic carbocycles. The number of ether oxygens (including phenoxy) is 1. The number of hydrogen-bond donors (Lipinski definition) is 1. The second-order valence-corrected chi connectivity index (χ2v) is 3.84. The zero-order chi connectivity index (χ0) is 11.1. The zero-order valence-corrected chi connectivity index (χ0v) is 9.20. The van der Waals surface area contributed by atoms with Crippen LogP contribution in [0.25, 0.3) is 11.3 Å². The fourth-order valence-electron chi connectivity index (χ4n) is 1.98. The molecule has 1 N–H and O–H groups in total. The van der Waals surface area contributed by atoms with E-state index in [2.05, 4.69) is 10.5 Å². The van der Waals surface area contributed by atoms with E-state index in [1.54, 1.807) is 7.11 Å². The summed E-state index contributed by atoms with van der Waals surface area (Å²) in [5.74, 6) is 1.67. The first-order valence-electron chi connectivity index (χ1n) is 5.17. The van der Waals surface area contributed by atoms with Crippen LogP contribution >= 0.6 is 0 Å². The number of fused-ring (bicyclic) bond motifs is 3. The molecule has 1 aliphatic heterocycles. The number of nitrogens with zero attached hydrogens (tertiary/aromatic N) is 1. The molecule has 0 saturated carbocycles. The normalized spacial score (nSPS) is 12.6. The van der Waals surface area contributed by atoms with Gasteiger partial charge in [-0.2, -0.15) is 0 Å². The smallest absolute Gasteiger partial charge is 0.174 e. The molecule has 0 amide bonds. The third-order valence-corrected chi connectivity index (χ3v) is 2.91. The van der Waals surface area contributed by atoms with Gasteiger partial charge in [-0.25, -0.2) is 0 Å². The average Bonchev–Trinajstić information content (AvgIpc) is 2.71. The Morgan fingerprint density at radius 1 is 1.44 bits per heavy atom. The standard InChI is InChI=1S/C12H12N2O2/c1-7-10-6-13-11-4-3-8(15-2)5-9(11)12(10)16-14-7/h3-5,13H,6H2,1-2H3. The van der Waals surface area contributed by atoms with Crippen molar-refractivity contribution in [2.45, 2.75) is 13.5 Å². The molecule has 0 saturated heterocycles. The Kier molecular flexibility index (Phi) is 1.89. The van der Waals surface area contributed by atoms with Gasteiger partial charge in [-0.05, 0) is 25.1 Å². The molecular formula is C12H12N2O2. The quantitative estimate of drug-likeness (QED) is 0.795. The van der Waals surface area contributed by atoms with Crippen LogP contribution in [0.2, 0.25) is 0 Å².